The number of carboxylic acids is 2. The van der Waals surface area contributed by atoms with Gasteiger partial charge in [-0.3, -0.25) is 9.59 Å². The molecule has 1 fully saturated rings. The fourth-order valence-corrected chi connectivity index (χ4v) is 2.66. The average molecular weight is 286 g/mol. The van der Waals surface area contributed by atoms with Gasteiger partial charge in [-0.15, -0.1) is 0 Å². The van der Waals surface area contributed by atoms with Crippen LogP contribution in [-0.2, 0) is 9.59 Å². The lowest BCUT2D eigenvalue weighted by molar-refractivity contribution is -0.140. The first-order chi connectivity index (χ1) is 9.43. The fraction of sp³-hybridized carbons (Fsp3) is 0.769. The first-order valence-electron chi connectivity index (χ1n) is 6.93. The highest BCUT2D eigenvalue weighted by Gasteiger charge is 2.28. The van der Waals surface area contributed by atoms with E-state index >= 15 is 0 Å². The van der Waals surface area contributed by atoms with Gasteiger partial charge in [0.25, 0.3) is 0 Å². The summed E-state index contributed by atoms with van der Waals surface area (Å²) in [5, 5.41) is 20.3. The van der Waals surface area contributed by atoms with Crippen LogP contribution in [0.3, 0.4) is 0 Å². The molecule has 0 heterocycles. The third-order valence-corrected chi connectivity index (χ3v) is 3.68. The summed E-state index contributed by atoms with van der Waals surface area (Å²) in [4.78, 5) is 34.2. The van der Waals surface area contributed by atoms with Crippen molar-refractivity contribution >= 4 is 18.0 Å². The molecule has 0 radical (unpaired) electrons. The number of aliphatic carboxylic acids is 2. The van der Waals surface area contributed by atoms with Crippen molar-refractivity contribution in [3.05, 3.63) is 0 Å². The zero-order chi connectivity index (χ0) is 15.1. The minimum Gasteiger partial charge on any atom is -0.480 e. The summed E-state index contributed by atoms with van der Waals surface area (Å²) in [5.41, 5.74) is 0. The summed E-state index contributed by atoms with van der Waals surface area (Å²) in [6, 6.07) is -0.605. The van der Waals surface area contributed by atoms with E-state index in [9.17, 15) is 14.4 Å². The Bertz CT molecular complexity index is 356. The van der Waals surface area contributed by atoms with Crippen molar-refractivity contribution in [2.24, 2.45) is 5.92 Å². The molecule has 3 N–H and O–H groups in total. The lowest BCUT2D eigenvalue weighted by Crippen LogP contribution is -2.51. The number of amides is 2. The molecule has 7 heteroatoms. The quantitative estimate of drug-likeness (QED) is 0.678. The number of urea groups is 1. The highest BCUT2D eigenvalue weighted by molar-refractivity contribution is 5.84. The molecular weight excluding hydrogens is 264 g/mol. The number of rotatable bonds is 6. The van der Waals surface area contributed by atoms with E-state index in [-0.39, 0.29) is 6.04 Å². The Morgan fingerprint density at radius 1 is 1.10 bits per heavy atom. The second-order valence-corrected chi connectivity index (χ2v) is 5.15. The number of nitrogens with zero attached hydrogens (tertiary/aromatic N) is 1. The predicted molar refractivity (Wildman–Crippen MR) is 71.4 cm³/mol. The minimum atomic E-state index is -1.22. The number of carbonyl (C=O) groups is 3. The summed E-state index contributed by atoms with van der Waals surface area (Å²) < 4.78 is 0. The Morgan fingerprint density at radius 3 is 2.15 bits per heavy atom. The average Bonchev–Trinajstić information content (AvgIpc) is 2.37. The standard InChI is InChI=1S/C13H22N2O5/c1-2-9-5-3-4-6-10(9)14-13(20)15(7-11(16)17)8-12(18)19/h9-10H,2-8H2,1H3,(H,14,20)(H,16,17)(H,18,19). The van der Waals surface area contributed by atoms with Crippen molar-refractivity contribution in [3.63, 3.8) is 0 Å². The highest BCUT2D eigenvalue weighted by Crippen LogP contribution is 2.26. The number of nitrogens with one attached hydrogen (secondary N) is 1. The smallest absolute Gasteiger partial charge is 0.323 e. The Hall–Kier alpha value is -1.79. The molecule has 20 heavy (non-hydrogen) atoms. The maximum Gasteiger partial charge on any atom is 0.323 e. The predicted octanol–water partition coefficient (Wildman–Crippen LogP) is 1.14. The second-order valence-electron chi connectivity index (χ2n) is 5.15. The van der Waals surface area contributed by atoms with Crippen LogP contribution >= 0.6 is 0 Å². The molecule has 0 aromatic carbocycles. The first kappa shape index (κ1) is 16.3. The van der Waals surface area contributed by atoms with E-state index in [1.807, 2.05) is 0 Å². The maximum absolute atomic E-state index is 12.0. The van der Waals surface area contributed by atoms with Crippen LogP contribution in [-0.4, -0.2) is 52.2 Å². The lowest BCUT2D eigenvalue weighted by Gasteiger charge is -2.33. The van der Waals surface area contributed by atoms with Gasteiger partial charge in [0.15, 0.2) is 0 Å². The van der Waals surface area contributed by atoms with Gasteiger partial charge in [-0.25, -0.2) is 4.79 Å². The summed E-state index contributed by atoms with van der Waals surface area (Å²) >= 11 is 0. The second kappa shape index (κ2) is 7.72. The Kier molecular flexibility index (Phi) is 6.27. The van der Waals surface area contributed by atoms with E-state index in [0.29, 0.717) is 5.92 Å². The summed E-state index contributed by atoms with van der Waals surface area (Å²) in [6.07, 6.45) is 5.01. The minimum absolute atomic E-state index is 0.00587. The molecule has 1 saturated carbocycles. The molecule has 1 aliphatic carbocycles. The molecule has 0 saturated heterocycles. The fourth-order valence-electron chi connectivity index (χ4n) is 2.66. The topological polar surface area (TPSA) is 107 Å². The molecule has 1 aliphatic rings. The van der Waals surface area contributed by atoms with E-state index in [1.54, 1.807) is 0 Å². The van der Waals surface area contributed by atoms with Crippen LogP contribution in [0.25, 0.3) is 0 Å². The van der Waals surface area contributed by atoms with E-state index in [4.69, 9.17) is 10.2 Å². The molecule has 114 valence electrons. The molecule has 2 amide bonds. The van der Waals surface area contributed by atoms with Gasteiger partial charge in [0.1, 0.15) is 13.1 Å². The van der Waals surface area contributed by atoms with Crippen molar-refractivity contribution in [2.75, 3.05) is 13.1 Å². The van der Waals surface area contributed by atoms with Gasteiger partial charge in [0.05, 0.1) is 0 Å². The van der Waals surface area contributed by atoms with Gasteiger partial charge >= 0.3 is 18.0 Å². The molecule has 2 atom stereocenters. The maximum atomic E-state index is 12.0. The molecule has 7 nitrogen and oxygen atoms in total. The third-order valence-electron chi connectivity index (χ3n) is 3.68. The van der Waals surface area contributed by atoms with Gasteiger partial charge in [0, 0.05) is 6.04 Å². The molecule has 0 aromatic rings. The zero-order valence-electron chi connectivity index (χ0n) is 11.7. The summed E-state index contributed by atoms with van der Waals surface area (Å²) in [6.45, 7) is 0.838. The van der Waals surface area contributed by atoms with Gasteiger partial charge in [-0.1, -0.05) is 26.2 Å². The van der Waals surface area contributed by atoms with Crippen molar-refractivity contribution in [3.8, 4) is 0 Å². The highest BCUT2D eigenvalue weighted by atomic mass is 16.4. The molecule has 0 spiro atoms. The van der Waals surface area contributed by atoms with Crippen LogP contribution in [0.1, 0.15) is 39.0 Å². The Morgan fingerprint density at radius 2 is 1.65 bits per heavy atom. The van der Waals surface area contributed by atoms with E-state index in [0.717, 1.165) is 37.0 Å². The SMILES string of the molecule is CCC1CCCCC1NC(=O)N(CC(=O)O)CC(=O)O. The van der Waals surface area contributed by atoms with Gasteiger partial charge in [0.2, 0.25) is 0 Å². The molecule has 1 rings (SSSR count). The molecular formula is C13H22N2O5. The van der Waals surface area contributed by atoms with Gasteiger partial charge < -0.3 is 20.4 Å². The summed E-state index contributed by atoms with van der Waals surface area (Å²) in [5.74, 6) is -2.07. The summed E-state index contributed by atoms with van der Waals surface area (Å²) in [7, 11) is 0. The zero-order valence-corrected chi connectivity index (χ0v) is 11.7. The lowest BCUT2D eigenvalue weighted by atomic mass is 9.83. The van der Waals surface area contributed by atoms with Crippen LogP contribution in [0, 0.1) is 5.92 Å². The normalized spacial score (nSPS) is 22.1. The Labute approximate surface area is 117 Å². The van der Waals surface area contributed by atoms with Gasteiger partial charge in [-0.2, -0.15) is 0 Å². The van der Waals surface area contributed by atoms with Gasteiger partial charge in [-0.05, 0) is 18.8 Å². The first-order valence-corrected chi connectivity index (χ1v) is 6.93. The van der Waals surface area contributed by atoms with E-state index in [1.165, 1.54) is 0 Å². The van der Waals surface area contributed by atoms with Crippen LogP contribution in [0.5, 0.6) is 0 Å². The number of carboxylic acid groups (broad SMARTS) is 2. The number of hydrogen-bond acceptors (Lipinski definition) is 3. The number of hydrogen-bond donors (Lipinski definition) is 3. The molecule has 2 unspecified atom stereocenters. The van der Waals surface area contributed by atoms with Crippen molar-refractivity contribution < 1.29 is 24.6 Å². The third kappa shape index (κ3) is 5.07. The monoisotopic (exact) mass is 286 g/mol. The largest absolute Gasteiger partial charge is 0.480 e. The van der Waals surface area contributed by atoms with Crippen molar-refractivity contribution in [1.29, 1.82) is 0 Å². The van der Waals surface area contributed by atoms with Crippen LogP contribution in [0.2, 0.25) is 0 Å². The van der Waals surface area contributed by atoms with Crippen LogP contribution < -0.4 is 5.32 Å². The van der Waals surface area contributed by atoms with E-state index in [2.05, 4.69) is 12.2 Å². The van der Waals surface area contributed by atoms with E-state index < -0.39 is 31.1 Å². The molecule has 0 bridgehead atoms. The van der Waals surface area contributed by atoms with Crippen LogP contribution in [0.15, 0.2) is 0 Å². The van der Waals surface area contributed by atoms with Crippen molar-refractivity contribution in [2.45, 2.75) is 45.1 Å². The van der Waals surface area contributed by atoms with Crippen LogP contribution in [0.4, 0.5) is 4.79 Å². The molecule has 0 aromatic heterocycles. The Balaban J connectivity index is 2.63. The van der Waals surface area contributed by atoms with Crippen molar-refractivity contribution in [1.82, 2.24) is 10.2 Å². The number of carbonyl (C=O) groups excluding carboxylic acids is 1. The molecule has 0 aliphatic heterocycles.